The van der Waals surface area contributed by atoms with E-state index in [1.807, 2.05) is 38.1 Å². The molecule has 0 aliphatic rings. The maximum Gasteiger partial charge on any atom is 0.123 e. The highest BCUT2D eigenvalue weighted by molar-refractivity contribution is 9.10. The maximum absolute atomic E-state index is 5.80. The molecule has 1 unspecified atom stereocenters. The lowest BCUT2D eigenvalue weighted by atomic mass is 10.1. The van der Waals surface area contributed by atoms with Gasteiger partial charge < -0.3 is 10.7 Å². The van der Waals surface area contributed by atoms with Crippen LogP contribution in [0.2, 0.25) is 0 Å². The molecule has 0 aliphatic heterocycles. The number of rotatable bonds is 2. The van der Waals surface area contributed by atoms with Gasteiger partial charge in [0.1, 0.15) is 5.82 Å². The summed E-state index contributed by atoms with van der Waals surface area (Å²) in [6.07, 6.45) is 0. The van der Waals surface area contributed by atoms with E-state index in [9.17, 15) is 0 Å². The Balaban J connectivity index is 2.48. The summed E-state index contributed by atoms with van der Waals surface area (Å²) < 4.78 is 1.05. The molecular weight excluding hydrogens is 266 g/mol. The molecule has 3 nitrogen and oxygen atoms in total. The predicted octanol–water partition coefficient (Wildman–Crippen LogP) is 3.17. The van der Waals surface area contributed by atoms with E-state index in [0.29, 0.717) is 0 Å². The molecule has 0 saturated heterocycles. The van der Waals surface area contributed by atoms with Gasteiger partial charge in [-0.25, -0.2) is 4.98 Å². The second-order valence-corrected chi connectivity index (χ2v) is 4.81. The quantitative estimate of drug-likeness (QED) is 0.887. The van der Waals surface area contributed by atoms with Crippen LogP contribution in [0.3, 0.4) is 0 Å². The number of hydrogen-bond acceptors (Lipinski definition) is 2. The lowest BCUT2D eigenvalue weighted by Gasteiger charge is -1.99. The summed E-state index contributed by atoms with van der Waals surface area (Å²) in [4.78, 5) is 7.73. The van der Waals surface area contributed by atoms with Gasteiger partial charge in [0, 0.05) is 15.7 Å². The van der Waals surface area contributed by atoms with E-state index < -0.39 is 0 Å². The number of hydrogen-bond donors (Lipinski definition) is 2. The van der Waals surface area contributed by atoms with Gasteiger partial charge in [-0.15, -0.1) is 0 Å². The number of aromatic nitrogens is 2. The molecule has 0 amide bonds. The number of aryl methyl sites for hydroxylation is 1. The number of benzene rings is 1. The number of nitrogens with one attached hydrogen (secondary N) is 1. The van der Waals surface area contributed by atoms with Crippen LogP contribution in [-0.4, -0.2) is 9.97 Å². The normalized spacial score (nSPS) is 12.8. The van der Waals surface area contributed by atoms with Crippen molar-refractivity contribution in [3.63, 3.8) is 0 Å². The number of nitrogens with zero attached hydrogens (tertiary/aromatic N) is 1. The molecule has 0 saturated carbocycles. The smallest absolute Gasteiger partial charge is 0.123 e. The summed E-state index contributed by atoms with van der Waals surface area (Å²) in [6.45, 7) is 3.93. The van der Waals surface area contributed by atoms with Gasteiger partial charge in [0.15, 0.2) is 0 Å². The number of aromatic amines is 1. The van der Waals surface area contributed by atoms with Gasteiger partial charge in [-0.05, 0) is 26.0 Å². The van der Waals surface area contributed by atoms with E-state index in [-0.39, 0.29) is 6.04 Å². The topological polar surface area (TPSA) is 54.7 Å². The van der Waals surface area contributed by atoms with Crippen molar-refractivity contribution in [2.24, 2.45) is 5.73 Å². The fraction of sp³-hybridized carbons (Fsp3) is 0.250. The van der Waals surface area contributed by atoms with Crippen molar-refractivity contribution < 1.29 is 0 Å². The SMILES string of the molecule is Cc1[nH]c(C(C)N)nc1-c1cccc(Br)c1. The zero-order valence-corrected chi connectivity index (χ0v) is 10.9. The Morgan fingerprint density at radius 2 is 2.19 bits per heavy atom. The highest BCUT2D eigenvalue weighted by Crippen LogP contribution is 2.25. The lowest BCUT2D eigenvalue weighted by molar-refractivity contribution is 0.754. The lowest BCUT2D eigenvalue weighted by Crippen LogP contribution is -2.06. The molecule has 1 atom stereocenters. The average Bonchev–Trinajstić information content (AvgIpc) is 2.60. The molecule has 0 aliphatic carbocycles. The zero-order chi connectivity index (χ0) is 11.7. The Bertz CT molecular complexity index is 503. The average molecular weight is 280 g/mol. The molecular formula is C12H14BrN3. The molecule has 0 fully saturated rings. The number of imidazole rings is 1. The van der Waals surface area contributed by atoms with Crippen molar-refractivity contribution in [2.75, 3.05) is 0 Å². The number of halogens is 1. The van der Waals surface area contributed by atoms with Crippen LogP contribution in [0.15, 0.2) is 28.7 Å². The minimum atomic E-state index is -0.0698. The van der Waals surface area contributed by atoms with E-state index in [4.69, 9.17) is 5.73 Å². The second kappa shape index (κ2) is 4.39. The van der Waals surface area contributed by atoms with Crippen LogP contribution in [0, 0.1) is 6.92 Å². The van der Waals surface area contributed by atoms with Crippen molar-refractivity contribution in [1.82, 2.24) is 9.97 Å². The van der Waals surface area contributed by atoms with Gasteiger partial charge in [-0.3, -0.25) is 0 Å². The van der Waals surface area contributed by atoms with E-state index in [1.165, 1.54) is 0 Å². The number of H-pyrrole nitrogens is 1. The van der Waals surface area contributed by atoms with Crippen LogP contribution in [0.5, 0.6) is 0 Å². The molecule has 16 heavy (non-hydrogen) atoms. The second-order valence-electron chi connectivity index (χ2n) is 3.89. The van der Waals surface area contributed by atoms with E-state index >= 15 is 0 Å². The highest BCUT2D eigenvalue weighted by atomic mass is 79.9. The monoisotopic (exact) mass is 279 g/mol. The first-order chi connectivity index (χ1) is 7.58. The van der Waals surface area contributed by atoms with Crippen molar-refractivity contribution in [1.29, 1.82) is 0 Å². The van der Waals surface area contributed by atoms with Crippen LogP contribution in [0.1, 0.15) is 24.5 Å². The summed E-state index contributed by atoms with van der Waals surface area (Å²) in [7, 11) is 0. The van der Waals surface area contributed by atoms with Crippen molar-refractivity contribution in [3.8, 4) is 11.3 Å². The van der Waals surface area contributed by atoms with Crippen LogP contribution in [-0.2, 0) is 0 Å². The molecule has 1 aromatic carbocycles. The molecule has 2 aromatic rings. The van der Waals surface area contributed by atoms with Crippen LogP contribution < -0.4 is 5.73 Å². The molecule has 1 aromatic heterocycles. The summed E-state index contributed by atoms with van der Waals surface area (Å²) in [5, 5.41) is 0. The van der Waals surface area contributed by atoms with Gasteiger partial charge >= 0.3 is 0 Å². The minimum absolute atomic E-state index is 0.0698. The third kappa shape index (κ3) is 2.18. The van der Waals surface area contributed by atoms with Crippen molar-refractivity contribution in [3.05, 3.63) is 40.3 Å². The van der Waals surface area contributed by atoms with Gasteiger partial charge in [-0.1, -0.05) is 28.1 Å². The third-order valence-corrected chi connectivity index (χ3v) is 2.93. The summed E-state index contributed by atoms with van der Waals surface area (Å²) >= 11 is 3.46. The van der Waals surface area contributed by atoms with E-state index in [1.54, 1.807) is 0 Å². The predicted molar refractivity (Wildman–Crippen MR) is 69.1 cm³/mol. The van der Waals surface area contributed by atoms with Gasteiger partial charge in [-0.2, -0.15) is 0 Å². The standard InChI is InChI=1S/C12H14BrN3/c1-7(14)12-15-8(2)11(16-12)9-4-3-5-10(13)6-9/h3-7H,14H2,1-2H3,(H,15,16). The maximum atomic E-state index is 5.80. The fourth-order valence-corrected chi connectivity index (χ4v) is 2.02. The first-order valence-corrected chi connectivity index (χ1v) is 5.95. The van der Waals surface area contributed by atoms with Gasteiger partial charge in [0.2, 0.25) is 0 Å². The minimum Gasteiger partial charge on any atom is -0.344 e. The largest absolute Gasteiger partial charge is 0.344 e. The Morgan fingerprint density at radius 3 is 2.75 bits per heavy atom. The molecule has 4 heteroatoms. The molecule has 3 N–H and O–H groups in total. The summed E-state index contributed by atoms with van der Waals surface area (Å²) in [5.74, 6) is 0.826. The molecule has 0 spiro atoms. The highest BCUT2D eigenvalue weighted by Gasteiger charge is 2.11. The Morgan fingerprint density at radius 1 is 1.44 bits per heavy atom. The van der Waals surface area contributed by atoms with Gasteiger partial charge in [0.25, 0.3) is 0 Å². The zero-order valence-electron chi connectivity index (χ0n) is 9.29. The van der Waals surface area contributed by atoms with E-state index in [2.05, 4.69) is 25.9 Å². The van der Waals surface area contributed by atoms with Crippen LogP contribution >= 0.6 is 15.9 Å². The van der Waals surface area contributed by atoms with Crippen molar-refractivity contribution in [2.45, 2.75) is 19.9 Å². The van der Waals surface area contributed by atoms with Crippen molar-refractivity contribution >= 4 is 15.9 Å². The third-order valence-electron chi connectivity index (χ3n) is 2.43. The first-order valence-electron chi connectivity index (χ1n) is 5.16. The Labute approximate surface area is 103 Å². The van der Waals surface area contributed by atoms with E-state index in [0.717, 1.165) is 27.2 Å². The molecule has 0 bridgehead atoms. The number of nitrogens with two attached hydrogens (primary N) is 1. The molecule has 0 radical (unpaired) electrons. The molecule has 84 valence electrons. The molecule has 1 heterocycles. The van der Waals surface area contributed by atoms with Crippen LogP contribution in [0.25, 0.3) is 11.3 Å². The summed E-state index contributed by atoms with van der Waals surface area (Å²) in [6, 6.07) is 8.02. The first kappa shape index (κ1) is 11.4. The Hall–Kier alpha value is -1.13. The van der Waals surface area contributed by atoms with Gasteiger partial charge in [0.05, 0.1) is 11.7 Å². The fourth-order valence-electron chi connectivity index (χ4n) is 1.62. The Kier molecular flexibility index (Phi) is 3.12. The summed E-state index contributed by atoms with van der Waals surface area (Å²) in [5.41, 5.74) is 8.91. The van der Waals surface area contributed by atoms with Crippen LogP contribution in [0.4, 0.5) is 0 Å². The molecule has 2 rings (SSSR count).